The first-order chi connectivity index (χ1) is 12.1. The second kappa shape index (κ2) is 6.41. The fourth-order valence-electron chi connectivity index (χ4n) is 2.68. The van der Waals surface area contributed by atoms with E-state index in [1.54, 1.807) is 12.1 Å². The molecule has 4 nitrogen and oxygen atoms in total. The Balaban J connectivity index is 2.06. The zero-order valence-electron chi connectivity index (χ0n) is 13.6. The zero-order valence-corrected chi connectivity index (χ0v) is 14.3. The third kappa shape index (κ3) is 3.32. The first-order valence-corrected chi connectivity index (χ1v) is 8.03. The number of carbonyl (C=O) groups excluding carboxylic acids is 1. The lowest BCUT2D eigenvalue weighted by molar-refractivity contribution is -0.0816. The molecule has 0 saturated heterocycles. The fourth-order valence-corrected chi connectivity index (χ4v) is 2.80. The third-order valence-electron chi connectivity index (χ3n) is 4.11. The molecular formula is C18H14ClF3N2O2. The van der Waals surface area contributed by atoms with E-state index in [-0.39, 0.29) is 11.1 Å². The first-order valence-electron chi connectivity index (χ1n) is 7.65. The van der Waals surface area contributed by atoms with Crippen LogP contribution in [0.15, 0.2) is 53.6 Å². The summed E-state index contributed by atoms with van der Waals surface area (Å²) in [5, 5.41) is 15.2. The van der Waals surface area contributed by atoms with E-state index >= 15 is 0 Å². The highest BCUT2D eigenvalue weighted by Crippen LogP contribution is 2.40. The van der Waals surface area contributed by atoms with Crippen molar-refractivity contribution in [3.05, 3.63) is 70.2 Å². The van der Waals surface area contributed by atoms with Gasteiger partial charge in [-0.3, -0.25) is 4.79 Å². The summed E-state index contributed by atoms with van der Waals surface area (Å²) < 4.78 is 39.5. The number of amides is 1. The molecular weight excluding hydrogens is 369 g/mol. The fraction of sp³-hybridized carbons (Fsp3) is 0.222. The van der Waals surface area contributed by atoms with Gasteiger partial charge >= 0.3 is 6.18 Å². The minimum Gasteiger partial charge on any atom is -0.365 e. The average molecular weight is 383 g/mol. The van der Waals surface area contributed by atoms with Crippen molar-refractivity contribution in [1.29, 1.82) is 0 Å². The van der Waals surface area contributed by atoms with Crippen LogP contribution < -0.4 is 0 Å². The molecule has 0 spiro atoms. The number of benzene rings is 2. The van der Waals surface area contributed by atoms with E-state index < -0.39 is 29.9 Å². The number of aryl methyl sites for hydroxylation is 1. The molecule has 1 unspecified atom stereocenters. The van der Waals surface area contributed by atoms with Gasteiger partial charge in [0, 0.05) is 16.1 Å². The van der Waals surface area contributed by atoms with E-state index in [4.69, 9.17) is 11.6 Å². The number of hydrogen-bond acceptors (Lipinski definition) is 3. The largest absolute Gasteiger partial charge is 0.431 e. The molecule has 1 N–H and O–H groups in total. The van der Waals surface area contributed by atoms with Crippen LogP contribution in [0.3, 0.4) is 0 Å². The summed E-state index contributed by atoms with van der Waals surface area (Å²) >= 11 is 5.80. The van der Waals surface area contributed by atoms with Gasteiger partial charge in [0.05, 0.1) is 6.42 Å². The molecule has 1 aliphatic heterocycles. The summed E-state index contributed by atoms with van der Waals surface area (Å²) in [5.41, 5.74) is -2.39. The molecule has 2 aromatic rings. The lowest BCUT2D eigenvalue weighted by Crippen LogP contribution is -2.43. The maximum absolute atomic E-state index is 13.2. The van der Waals surface area contributed by atoms with Crippen molar-refractivity contribution in [2.45, 2.75) is 25.2 Å². The number of rotatable bonds is 2. The van der Waals surface area contributed by atoms with Crippen LogP contribution in [0.4, 0.5) is 13.2 Å². The summed E-state index contributed by atoms with van der Waals surface area (Å²) in [5.74, 6) is -0.832. The van der Waals surface area contributed by atoms with Gasteiger partial charge in [0.2, 0.25) is 0 Å². The predicted octanol–water partition coefficient (Wildman–Crippen LogP) is 4.26. The predicted molar refractivity (Wildman–Crippen MR) is 90.8 cm³/mol. The van der Waals surface area contributed by atoms with Gasteiger partial charge in [-0.05, 0) is 31.2 Å². The van der Waals surface area contributed by atoms with E-state index in [1.807, 2.05) is 6.92 Å². The minimum absolute atomic E-state index is 0.0883. The summed E-state index contributed by atoms with van der Waals surface area (Å²) in [7, 11) is 0. The Morgan fingerprint density at radius 1 is 1.15 bits per heavy atom. The Morgan fingerprint density at radius 2 is 1.73 bits per heavy atom. The lowest BCUT2D eigenvalue weighted by Gasteiger charge is -2.31. The number of halogens is 4. The van der Waals surface area contributed by atoms with Crippen LogP contribution in [0.5, 0.6) is 0 Å². The normalized spacial score (nSPS) is 20.2. The molecule has 3 rings (SSSR count). The van der Waals surface area contributed by atoms with Gasteiger partial charge in [-0.25, -0.2) is 0 Å². The second-order valence-electron chi connectivity index (χ2n) is 6.03. The molecule has 1 heterocycles. The molecule has 0 saturated carbocycles. The molecule has 8 heteroatoms. The number of aliphatic hydroxyl groups is 1. The van der Waals surface area contributed by atoms with Crippen LogP contribution in [-0.4, -0.2) is 27.9 Å². The number of hydrazone groups is 1. The van der Waals surface area contributed by atoms with Gasteiger partial charge in [-0.15, -0.1) is 0 Å². The highest BCUT2D eigenvalue weighted by Gasteiger charge is 2.53. The van der Waals surface area contributed by atoms with Crippen LogP contribution in [0, 0.1) is 6.92 Å². The molecule has 0 bridgehead atoms. The summed E-state index contributed by atoms with van der Waals surface area (Å²) in [4.78, 5) is 12.8. The maximum Gasteiger partial charge on any atom is 0.431 e. The Kier molecular flexibility index (Phi) is 4.54. The van der Waals surface area contributed by atoms with E-state index in [0.717, 1.165) is 5.56 Å². The summed E-state index contributed by atoms with van der Waals surface area (Å²) in [6.07, 6.45) is -5.63. The van der Waals surface area contributed by atoms with Crippen molar-refractivity contribution < 1.29 is 23.1 Å². The summed E-state index contributed by atoms with van der Waals surface area (Å²) in [6.45, 7) is 1.81. The van der Waals surface area contributed by atoms with Crippen LogP contribution in [0.25, 0.3) is 0 Å². The zero-order chi connectivity index (χ0) is 19.1. The number of alkyl halides is 3. The standard InChI is InChI=1S/C18H14ClF3N2O2/c1-11-2-4-12(5-3-11)16(25)24-17(26,10-15(23-24)18(20,21)22)13-6-8-14(19)9-7-13/h2-9,26H,10H2,1H3. The van der Waals surface area contributed by atoms with Crippen molar-refractivity contribution >= 4 is 23.2 Å². The maximum atomic E-state index is 13.2. The van der Waals surface area contributed by atoms with E-state index in [2.05, 4.69) is 5.10 Å². The number of hydrogen-bond donors (Lipinski definition) is 1. The molecule has 1 amide bonds. The highest BCUT2D eigenvalue weighted by atomic mass is 35.5. The monoisotopic (exact) mass is 382 g/mol. The molecule has 26 heavy (non-hydrogen) atoms. The first kappa shape index (κ1) is 18.4. The van der Waals surface area contributed by atoms with Crippen molar-refractivity contribution in [2.75, 3.05) is 0 Å². The van der Waals surface area contributed by atoms with E-state index in [0.29, 0.717) is 10.0 Å². The molecule has 0 aromatic heterocycles. The van der Waals surface area contributed by atoms with Crippen molar-refractivity contribution in [1.82, 2.24) is 5.01 Å². The molecule has 136 valence electrons. The Morgan fingerprint density at radius 3 is 2.27 bits per heavy atom. The van der Waals surface area contributed by atoms with Crippen molar-refractivity contribution in [2.24, 2.45) is 5.10 Å². The Bertz CT molecular complexity index is 864. The molecule has 1 atom stereocenters. The lowest BCUT2D eigenvalue weighted by atomic mass is 9.96. The molecule has 0 aliphatic carbocycles. The third-order valence-corrected chi connectivity index (χ3v) is 4.36. The SMILES string of the molecule is Cc1ccc(C(=O)N2N=C(C(F)(F)F)CC2(O)c2ccc(Cl)cc2)cc1. The highest BCUT2D eigenvalue weighted by molar-refractivity contribution is 6.30. The Labute approximate surface area is 152 Å². The second-order valence-corrected chi connectivity index (χ2v) is 6.46. The Hall–Kier alpha value is -2.38. The topological polar surface area (TPSA) is 52.9 Å². The van der Waals surface area contributed by atoms with Crippen LogP contribution in [0.1, 0.15) is 27.9 Å². The van der Waals surface area contributed by atoms with Crippen LogP contribution in [-0.2, 0) is 5.72 Å². The van der Waals surface area contributed by atoms with Gasteiger partial charge < -0.3 is 5.11 Å². The van der Waals surface area contributed by atoms with Gasteiger partial charge in [-0.2, -0.15) is 23.3 Å². The van der Waals surface area contributed by atoms with Crippen molar-refractivity contribution in [3.8, 4) is 0 Å². The molecule has 2 aromatic carbocycles. The average Bonchev–Trinajstić information content (AvgIpc) is 2.94. The van der Waals surface area contributed by atoms with Gasteiger partial charge in [0.25, 0.3) is 5.91 Å². The minimum atomic E-state index is -4.76. The van der Waals surface area contributed by atoms with Crippen molar-refractivity contribution in [3.63, 3.8) is 0 Å². The summed E-state index contributed by atoms with van der Waals surface area (Å²) in [6, 6.07) is 11.8. The smallest absolute Gasteiger partial charge is 0.365 e. The van der Waals surface area contributed by atoms with Crippen LogP contribution in [0.2, 0.25) is 5.02 Å². The van der Waals surface area contributed by atoms with Gasteiger partial charge in [-0.1, -0.05) is 41.4 Å². The van der Waals surface area contributed by atoms with Crippen LogP contribution >= 0.6 is 11.6 Å². The molecule has 0 radical (unpaired) electrons. The van der Waals surface area contributed by atoms with Gasteiger partial charge in [0.15, 0.2) is 5.72 Å². The van der Waals surface area contributed by atoms with Gasteiger partial charge in [0.1, 0.15) is 5.71 Å². The molecule has 1 aliphatic rings. The molecule has 0 fully saturated rings. The van der Waals surface area contributed by atoms with E-state index in [9.17, 15) is 23.1 Å². The van der Waals surface area contributed by atoms with E-state index in [1.165, 1.54) is 36.4 Å². The quantitative estimate of drug-likeness (QED) is 0.843. The number of carbonyl (C=O) groups is 1. The number of nitrogens with zero attached hydrogens (tertiary/aromatic N) is 2.